The molecule has 0 aliphatic heterocycles. The molecule has 0 radical (unpaired) electrons. The Morgan fingerprint density at radius 2 is 1.58 bits per heavy atom. The van der Waals surface area contributed by atoms with Crippen LogP contribution in [0.2, 0.25) is 0 Å². The van der Waals surface area contributed by atoms with Crippen LogP contribution in [0, 0.1) is 5.92 Å². The molecule has 6 aromatic rings. The zero-order chi connectivity index (χ0) is 23.6. The van der Waals surface area contributed by atoms with Gasteiger partial charge in [0.2, 0.25) is 0 Å². The molecule has 8 rings (SSSR count). The van der Waals surface area contributed by atoms with Crippen molar-refractivity contribution in [1.82, 2.24) is 14.8 Å². The number of rotatable bonds is 2. The van der Waals surface area contributed by atoms with Gasteiger partial charge < -0.3 is 4.98 Å². The van der Waals surface area contributed by atoms with Gasteiger partial charge in [-0.15, -0.1) is 0 Å². The molecule has 0 fully saturated rings. The molecule has 2 atom stereocenters. The lowest BCUT2D eigenvalue weighted by Crippen LogP contribution is -2.21. The Morgan fingerprint density at radius 1 is 0.806 bits per heavy atom. The molecule has 3 nitrogen and oxygen atoms in total. The number of H-pyrrole nitrogens is 1. The number of benzene rings is 4. The van der Waals surface area contributed by atoms with Gasteiger partial charge in [-0.05, 0) is 58.2 Å². The van der Waals surface area contributed by atoms with Gasteiger partial charge in [0.1, 0.15) is 0 Å². The predicted molar refractivity (Wildman–Crippen MR) is 148 cm³/mol. The first-order valence-corrected chi connectivity index (χ1v) is 12.5. The van der Waals surface area contributed by atoms with Crippen LogP contribution in [0.5, 0.6) is 0 Å². The topological polar surface area (TPSA) is 33.6 Å². The fraction of sp³-hybridized carbons (Fsp3) is 0.0606. The van der Waals surface area contributed by atoms with Gasteiger partial charge in [-0.3, -0.25) is 0 Å². The molecule has 2 aromatic heterocycles. The molecule has 2 heterocycles. The van der Waals surface area contributed by atoms with Crippen LogP contribution in [-0.2, 0) is 0 Å². The predicted octanol–water partition coefficient (Wildman–Crippen LogP) is 7.84. The van der Waals surface area contributed by atoms with E-state index in [1.165, 1.54) is 38.9 Å². The van der Waals surface area contributed by atoms with E-state index < -0.39 is 0 Å². The Hall–Kier alpha value is -4.63. The van der Waals surface area contributed by atoms with Crippen LogP contribution in [0.4, 0.5) is 0 Å². The van der Waals surface area contributed by atoms with Gasteiger partial charge in [-0.2, -0.15) is 5.10 Å². The largest absolute Gasteiger partial charge is 0.355 e. The molecule has 0 bridgehead atoms. The molecule has 0 amide bonds. The maximum absolute atomic E-state index is 4.73. The maximum atomic E-state index is 4.73. The van der Waals surface area contributed by atoms with Crippen LogP contribution < -0.4 is 0 Å². The number of para-hydroxylation sites is 1. The number of hydrogen-bond donors (Lipinski definition) is 1. The van der Waals surface area contributed by atoms with Crippen molar-refractivity contribution < 1.29 is 0 Å². The van der Waals surface area contributed by atoms with Gasteiger partial charge >= 0.3 is 0 Å². The fourth-order valence-corrected chi connectivity index (χ4v) is 6.22. The van der Waals surface area contributed by atoms with E-state index in [4.69, 9.17) is 5.10 Å². The second-order valence-electron chi connectivity index (χ2n) is 9.76. The van der Waals surface area contributed by atoms with Crippen molar-refractivity contribution in [1.29, 1.82) is 0 Å². The summed E-state index contributed by atoms with van der Waals surface area (Å²) >= 11 is 0. The van der Waals surface area contributed by atoms with Crippen LogP contribution in [0.25, 0.3) is 45.2 Å². The highest BCUT2D eigenvalue weighted by Gasteiger charge is 2.37. The van der Waals surface area contributed by atoms with Gasteiger partial charge in [-0.1, -0.05) is 84.9 Å². The van der Waals surface area contributed by atoms with E-state index in [9.17, 15) is 0 Å². The van der Waals surface area contributed by atoms with E-state index in [2.05, 4.69) is 114 Å². The first kappa shape index (κ1) is 19.7. The summed E-state index contributed by atoms with van der Waals surface area (Å²) in [6.07, 6.45) is 9.05. The van der Waals surface area contributed by atoms with Crippen LogP contribution in [0.1, 0.15) is 33.9 Å². The summed E-state index contributed by atoms with van der Waals surface area (Å²) in [5.41, 5.74) is 11.3. The normalized spacial score (nSPS) is 18.1. The zero-order valence-corrected chi connectivity index (χ0v) is 19.6. The Balaban J connectivity index is 1.36. The molecule has 36 heavy (non-hydrogen) atoms. The van der Waals surface area contributed by atoms with Crippen molar-refractivity contribution in [2.24, 2.45) is 5.92 Å². The number of fused-ring (bicyclic) bond motifs is 8. The first-order chi connectivity index (χ1) is 17.8. The molecular weight excluding hydrogens is 438 g/mol. The monoisotopic (exact) mass is 461 g/mol. The first-order valence-electron chi connectivity index (χ1n) is 12.5. The number of aromatic nitrogens is 3. The van der Waals surface area contributed by atoms with Gasteiger partial charge in [0, 0.05) is 33.8 Å². The minimum atomic E-state index is 0.261. The molecule has 4 aromatic carbocycles. The highest BCUT2D eigenvalue weighted by atomic mass is 15.3. The lowest BCUT2D eigenvalue weighted by Gasteiger charge is -2.35. The van der Waals surface area contributed by atoms with Gasteiger partial charge in [0.15, 0.2) is 0 Å². The van der Waals surface area contributed by atoms with Crippen LogP contribution in [0.3, 0.4) is 0 Å². The van der Waals surface area contributed by atoms with Crippen LogP contribution in [0.15, 0.2) is 109 Å². The smallest absolute Gasteiger partial charge is 0.0762 e. The molecule has 0 saturated carbocycles. The van der Waals surface area contributed by atoms with E-state index >= 15 is 0 Å². The minimum absolute atomic E-state index is 0.261. The van der Waals surface area contributed by atoms with Crippen molar-refractivity contribution in [3.8, 4) is 5.69 Å². The van der Waals surface area contributed by atoms with Gasteiger partial charge in [0.05, 0.1) is 17.4 Å². The van der Waals surface area contributed by atoms with Crippen molar-refractivity contribution in [2.45, 2.75) is 5.92 Å². The number of nitrogens with zero attached hydrogens (tertiary/aromatic N) is 2. The third-order valence-electron chi connectivity index (χ3n) is 7.81. The molecule has 170 valence electrons. The SMILES string of the molecule is C1=CC2C(c3ccccc3)=Cc3ccccc3C2c2c1[nH]c1cc3c(cnn3-c3ccccc3)cc21. The molecule has 1 N–H and O–H groups in total. The highest BCUT2D eigenvalue weighted by Crippen LogP contribution is 2.52. The average Bonchev–Trinajstić information content (AvgIpc) is 3.52. The standard InChI is InChI=1S/C33H23N3/c1-3-9-21(10-4-1)27-17-22-11-7-8-14-25(22)32-26(27)15-16-29-33(32)28-18-23-20-34-36(24-12-5-2-6-13-24)31(23)19-30(28)35-29/h1-20,26,32,35H. The van der Waals surface area contributed by atoms with Crippen molar-refractivity contribution >= 4 is 39.5 Å². The van der Waals surface area contributed by atoms with E-state index in [0.717, 1.165) is 22.1 Å². The van der Waals surface area contributed by atoms with Crippen LogP contribution in [-0.4, -0.2) is 14.8 Å². The summed E-state index contributed by atoms with van der Waals surface area (Å²) in [5.74, 6) is 0.549. The average molecular weight is 462 g/mol. The summed E-state index contributed by atoms with van der Waals surface area (Å²) in [5, 5.41) is 7.17. The van der Waals surface area contributed by atoms with Gasteiger partial charge in [-0.25, -0.2) is 4.68 Å². The van der Waals surface area contributed by atoms with E-state index in [1.807, 2.05) is 16.9 Å². The van der Waals surface area contributed by atoms with Crippen molar-refractivity contribution in [3.63, 3.8) is 0 Å². The molecule has 2 aliphatic carbocycles. The summed E-state index contributed by atoms with van der Waals surface area (Å²) in [4.78, 5) is 3.75. The maximum Gasteiger partial charge on any atom is 0.0762 e. The summed E-state index contributed by atoms with van der Waals surface area (Å²) in [7, 11) is 0. The Morgan fingerprint density at radius 3 is 2.44 bits per heavy atom. The summed E-state index contributed by atoms with van der Waals surface area (Å²) in [6, 6.07) is 34.6. The van der Waals surface area contributed by atoms with Crippen LogP contribution >= 0.6 is 0 Å². The van der Waals surface area contributed by atoms with E-state index in [-0.39, 0.29) is 11.8 Å². The molecule has 3 heteroatoms. The zero-order valence-electron chi connectivity index (χ0n) is 19.6. The number of hydrogen-bond acceptors (Lipinski definition) is 1. The fourth-order valence-electron chi connectivity index (χ4n) is 6.22. The quantitative estimate of drug-likeness (QED) is 0.280. The number of nitrogens with one attached hydrogen (secondary N) is 1. The third kappa shape index (κ3) is 2.77. The summed E-state index contributed by atoms with van der Waals surface area (Å²) in [6.45, 7) is 0. The van der Waals surface area contributed by atoms with Crippen molar-refractivity contribution in [3.05, 3.63) is 137 Å². The van der Waals surface area contributed by atoms with E-state index in [1.54, 1.807) is 0 Å². The number of aromatic amines is 1. The van der Waals surface area contributed by atoms with Crippen molar-refractivity contribution in [2.75, 3.05) is 0 Å². The molecular formula is C33H23N3. The minimum Gasteiger partial charge on any atom is -0.355 e. The Bertz CT molecular complexity index is 1830. The molecule has 2 aliphatic rings. The van der Waals surface area contributed by atoms with E-state index in [0.29, 0.717) is 0 Å². The summed E-state index contributed by atoms with van der Waals surface area (Å²) < 4.78 is 2.03. The third-order valence-corrected chi connectivity index (χ3v) is 7.81. The second-order valence-corrected chi connectivity index (χ2v) is 9.76. The lowest BCUT2D eigenvalue weighted by atomic mass is 9.67. The molecule has 2 unspecified atom stereocenters. The number of allylic oxidation sites excluding steroid dienone is 2. The molecule has 0 saturated heterocycles. The Kier molecular flexibility index (Phi) is 4.06. The lowest BCUT2D eigenvalue weighted by molar-refractivity contribution is 0.691. The second kappa shape index (κ2) is 7.43. The van der Waals surface area contributed by atoms with Gasteiger partial charge in [0.25, 0.3) is 0 Å². The molecule has 0 spiro atoms. The highest BCUT2D eigenvalue weighted by molar-refractivity contribution is 6.01. The Labute approximate surface area is 209 Å².